The van der Waals surface area contributed by atoms with Gasteiger partial charge in [-0.15, -0.1) is 0 Å². The number of hydrogen-bond donors (Lipinski definition) is 2. The molecule has 1 rings (SSSR count). The fourth-order valence-electron chi connectivity index (χ4n) is 1.31. The molecule has 0 aliphatic carbocycles. The first-order valence-electron chi connectivity index (χ1n) is 5.63. The molecule has 0 radical (unpaired) electrons. The molecule has 0 saturated carbocycles. The van der Waals surface area contributed by atoms with Gasteiger partial charge in [-0.3, -0.25) is 4.68 Å². The predicted octanol–water partition coefficient (Wildman–Crippen LogP) is 0.0865. The molecule has 2 N–H and O–H groups in total. The first kappa shape index (κ1) is 14.1. The number of rotatable bonds is 7. The van der Waals surface area contributed by atoms with Crippen molar-refractivity contribution in [2.45, 2.75) is 31.2 Å². The fraction of sp³-hybridized carbons (Fsp3) is 0.700. The molecule has 0 aliphatic rings. The SMILES string of the molecule is CC(C)NCCCNS(=O)(=O)c1cnn(C)c1. The minimum atomic E-state index is -3.40. The smallest absolute Gasteiger partial charge is 0.243 e. The molecule has 0 aliphatic heterocycles. The van der Waals surface area contributed by atoms with Gasteiger partial charge in [0.15, 0.2) is 0 Å². The molecule has 17 heavy (non-hydrogen) atoms. The van der Waals surface area contributed by atoms with Crippen LogP contribution in [0, 0.1) is 0 Å². The van der Waals surface area contributed by atoms with E-state index in [-0.39, 0.29) is 4.90 Å². The van der Waals surface area contributed by atoms with E-state index in [0.29, 0.717) is 12.6 Å². The third kappa shape index (κ3) is 4.84. The molecule has 7 heteroatoms. The van der Waals surface area contributed by atoms with Crippen LogP contribution in [0.1, 0.15) is 20.3 Å². The summed E-state index contributed by atoms with van der Waals surface area (Å²) in [7, 11) is -1.72. The van der Waals surface area contributed by atoms with Gasteiger partial charge in [0.05, 0.1) is 6.20 Å². The summed E-state index contributed by atoms with van der Waals surface area (Å²) < 4.78 is 27.5. The van der Waals surface area contributed by atoms with Crippen molar-refractivity contribution in [3.63, 3.8) is 0 Å². The van der Waals surface area contributed by atoms with Gasteiger partial charge in [-0.05, 0) is 13.0 Å². The van der Waals surface area contributed by atoms with E-state index in [1.165, 1.54) is 17.1 Å². The van der Waals surface area contributed by atoms with Crippen LogP contribution >= 0.6 is 0 Å². The molecule has 1 aromatic rings. The van der Waals surface area contributed by atoms with Crippen LogP contribution < -0.4 is 10.0 Å². The lowest BCUT2D eigenvalue weighted by molar-refractivity contribution is 0.554. The van der Waals surface area contributed by atoms with E-state index in [0.717, 1.165) is 13.0 Å². The Morgan fingerprint density at radius 2 is 2.12 bits per heavy atom. The van der Waals surface area contributed by atoms with Crippen molar-refractivity contribution in [3.05, 3.63) is 12.4 Å². The van der Waals surface area contributed by atoms with Crippen molar-refractivity contribution in [1.29, 1.82) is 0 Å². The molecule has 0 unspecified atom stereocenters. The highest BCUT2D eigenvalue weighted by Crippen LogP contribution is 2.05. The van der Waals surface area contributed by atoms with Gasteiger partial charge >= 0.3 is 0 Å². The molecular formula is C10H20N4O2S. The van der Waals surface area contributed by atoms with Crippen molar-refractivity contribution in [3.8, 4) is 0 Å². The maximum atomic E-state index is 11.8. The number of aromatic nitrogens is 2. The van der Waals surface area contributed by atoms with Crippen molar-refractivity contribution in [1.82, 2.24) is 19.8 Å². The number of nitrogens with zero attached hydrogens (tertiary/aromatic N) is 2. The van der Waals surface area contributed by atoms with Crippen LogP contribution in [0.5, 0.6) is 0 Å². The summed E-state index contributed by atoms with van der Waals surface area (Å²) in [6.45, 7) is 5.34. The Morgan fingerprint density at radius 1 is 1.41 bits per heavy atom. The zero-order chi connectivity index (χ0) is 12.9. The molecule has 0 spiro atoms. The van der Waals surface area contributed by atoms with E-state index in [2.05, 4.69) is 29.0 Å². The average molecular weight is 260 g/mol. The highest BCUT2D eigenvalue weighted by atomic mass is 32.2. The van der Waals surface area contributed by atoms with Crippen LogP contribution in [0.3, 0.4) is 0 Å². The molecule has 0 amide bonds. The van der Waals surface area contributed by atoms with Crippen molar-refractivity contribution in [2.75, 3.05) is 13.1 Å². The number of hydrogen-bond acceptors (Lipinski definition) is 4. The van der Waals surface area contributed by atoms with Gasteiger partial charge in [0, 0.05) is 25.8 Å². The molecular weight excluding hydrogens is 240 g/mol. The average Bonchev–Trinajstić information content (AvgIpc) is 2.64. The monoisotopic (exact) mass is 260 g/mol. The number of nitrogens with one attached hydrogen (secondary N) is 2. The largest absolute Gasteiger partial charge is 0.314 e. The van der Waals surface area contributed by atoms with Crippen LogP contribution in [0.4, 0.5) is 0 Å². The van der Waals surface area contributed by atoms with Crippen molar-refractivity contribution >= 4 is 10.0 Å². The minimum Gasteiger partial charge on any atom is -0.314 e. The van der Waals surface area contributed by atoms with Crippen LogP contribution in [0.25, 0.3) is 0 Å². The van der Waals surface area contributed by atoms with E-state index in [9.17, 15) is 8.42 Å². The molecule has 98 valence electrons. The lowest BCUT2D eigenvalue weighted by Gasteiger charge is -2.08. The highest BCUT2D eigenvalue weighted by molar-refractivity contribution is 7.89. The van der Waals surface area contributed by atoms with E-state index in [1.54, 1.807) is 7.05 Å². The Bertz CT molecular complexity index is 439. The van der Waals surface area contributed by atoms with Gasteiger partial charge in [-0.25, -0.2) is 13.1 Å². The van der Waals surface area contributed by atoms with E-state index < -0.39 is 10.0 Å². The third-order valence-electron chi connectivity index (χ3n) is 2.19. The molecule has 1 aromatic heterocycles. The summed E-state index contributed by atoms with van der Waals surface area (Å²) in [5.74, 6) is 0. The summed E-state index contributed by atoms with van der Waals surface area (Å²) in [5, 5.41) is 7.06. The highest BCUT2D eigenvalue weighted by Gasteiger charge is 2.14. The molecule has 1 heterocycles. The quantitative estimate of drug-likeness (QED) is 0.681. The van der Waals surface area contributed by atoms with E-state index >= 15 is 0 Å². The Labute approximate surface area is 102 Å². The second kappa shape index (κ2) is 6.13. The third-order valence-corrected chi connectivity index (χ3v) is 3.61. The van der Waals surface area contributed by atoms with Gasteiger partial charge in [0.1, 0.15) is 4.90 Å². The van der Waals surface area contributed by atoms with Gasteiger partial charge in [-0.2, -0.15) is 5.10 Å². The normalized spacial score (nSPS) is 12.2. The van der Waals surface area contributed by atoms with Crippen molar-refractivity contribution in [2.24, 2.45) is 7.05 Å². The maximum absolute atomic E-state index is 11.8. The van der Waals surface area contributed by atoms with Crippen LogP contribution in [-0.2, 0) is 17.1 Å². The topological polar surface area (TPSA) is 76.0 Å². The molecule has 0 fully saturated rings. The van der Waals surface area contributed by atoms with Gasteiger partial charge in [0.25, 0.3) is 0 Å². The van der Waals surface area contributed by atoms with E-state index in [4.69, 9.17) is 0 Å². The lowest BCUT2D eigenvalue weighted by atomic mass is 10.3. The van der Waals surface area contributed by atoms with Crippen molar-refractivity contribution < 1.29 is 8.42 Å². The second-order valence-corrected chi connectivity index (χ2v) is 5.98. The lowest BCUT2D eigenvalue weighted by Crippen LogP contribution is -2.29. The summed E-state index contributed by atoms with van der Waals surface area (Å²) in [4.78, 5) is 0.205. The van der Waals surface area contributed by atoms with Crippen LogP contribution in [0.15, 0.2) is 17.3 Å². The zero-order valence-electron chi connectivity index (χ0n) is 10.5. The second-order valence-electron chi connectivity index (χ2n) is 4.21. The minimum absolute atomic E-state index is 0.205. The molecule has 0 bridgehead atoms. The zero-order valence-corrected chi connectivity index (χ0v) is 11.3. The van der Waals surface area contributed by atoms with Crippen LogP contribution in [0.2, 0.25) is 0 Å². The Balaban J connectivity index is 2.36. The van der Waals surface area contributed by atoms with Gasteiger partial charge < -0.3 is 5.32 Å². The summed E-state index contributed by atoms with van der Waals surface area (Å²) in [5.41, 5.74) is 0. The Hall–Kier alpha value is -0.920. The van der Waals surface area contributed by atoms with Gasteiger partial charge in [0.2, 0.25) is 10.0 Å². The van der Waals surface area contributed by atoms with Gasteiger partial charge in [-0.1, -0.05) is 13.8 Å². The standard InChI is InChI=1S/C10H20N4O2S/c1-9(2)11-5-4-6-13-17(15,16)10-7-12-14(3)8-10/h7-9,11,13H,4-6H2,1-3H3. The number of aryl methyl sites for hydroxylation is 1. The Kier molecular flexibility index (Phi) is 5.10. The number of sulfonamides is 1. The summed E-state index contributed by atoms with van der Waals surface area (Å²) >= 11 is 0. The van der Waals surface area contributed by atoms with Crippen LogP contribution in [-0.4, -0.2) is 37.3 Å². The first-order chi connectivity index (χ1) is 7.92. The fourth-order valence-corrected chi connectivity index (χ4v) is 2.36. The Morgan fingerprint density at radius 3 is 2.65 bits per heavy atom. The maximum Gasteiger partial charge on any atom is 0.243 e. The predicted molar refractivity (Wildman–Crippen MR) is 66.2 cm³/mol. The first-order valence-corrected chi connectivity index (χ1v) is 7.12. The molecule has 0 saturated heterocycles. The van der Waals surface area contributed by atoms with E-state index in [1.807, 2.05) is 0 Å². The summed E-state index contributed by atoms with van der Waals surface area (Å²) in [6.07, 6.45) is 3.58. The molecule has 0 aromatic carbocycles. The molecule has 0 atom stereocenters. The summed E-state index contributed by atoms with van der Waals surface area (Å²) in [6, 6.07) is 0.421. The molecule has 6 nitrogen and oxygen atoms in total.